The molecule has 1 rings (SSSR count). The highest BCUT2D eigenvalue weighted by molar-refractivity contribution is 4.99. The number of methoxy groups -OCH3 is 1. The summed E-state index contributed by atoms with van der Waals surface area (Å²) in [5, 5.41) is 8.08. The minimum atomic E-state index is 0.531. The molecule has 0 saturated heterocycles. The van der Waals surface area contributed by atoms with Gasteiger partial charge in [-0.2, -0.15) is 5.10 Å². The number of likely N-dealkylation sites (N-methyl/N-ethyl adjacent to an activating group) is 1. The third-order valence-electron chi connectivity index (χ3n) is 3.63. The van der Waals surface area contributed by atoms with Crippen LogP contribution in [0.3, 0.4) is 0 Å². The lowest BCUT2D eigenvalue weighted by molar-refractivity contribution is 0.161. The van der Waals surface area contributed by atoms with E-state index < -0.39 is 0 Å². The zero-order valence-electron chi connectivity index (χ0n) is 13.4. The van der Waals surface area contributed by atoms with E-state index in [4.69, 9.17) is 4.74 Å². The molecule has 0 aliphatic carbocycles. The van der Waals surface area contributed by atoms with Gasteiger partial charge in [-0.15, -0.1) is 0 Å². The Bertz CT molecular complexity index is 349. The average Bonchev–Trinajstić information content (AvgIpc) is 2.91. The quantitative estimate of drug-likeness (QED) is 0.630. The largest absolute Gasteiger partial charge is 0.383 e. The maximum absolute atomic E-state index is 5.06. The van der Waals surface area contributed by atoms with Crippen LogP contribution in [-0.2, 0) is 11.3 Å². The first-order chi connectivity index (χ1) is 9.71. The number of nitrogens with zero attached hydrogens (tertiary/aromatic N) is 3. The number of aromatic nitrogens is 2. The first-order valence-corrected chi connectivity index (χ1v) is 7.63. The molecule has 1 heterocycles. The zero-order valence-corrected chi connectivity index (χ0v) is 13.4. The maximum atomic E-state index is 5.06. The Balaban J connectivity index is 2.22. The summed E-state index contributed by atoms with van der Waals surface area (Å²) in [5.74, 6) is 0. The van der Waals surface area contributed by atoms with Crippen molar-refractivity contribution in [3.05, 3.63) is 18.0 Å². The molecule has 1 aromatic rings. The fraction of sp³-hybridized carbons (Fsp3) is 0.800. The average molecular weight is 282 g/mol. The van der Waals surface area contributed by atoms with Crippen LogP contribution in [0.5, 0.6) is 0 Å². The van der Waals surface area contributed by atoms with E-state index in [1.54, 1.807) is 7.11 Å². The molecule has 1 aromatic heterocycles. The molecule has 0 amide bonds. The molecule has 0 aliphatic rings. The summed E-state index contributed by atoms with van der Waals surface area (Å²) in [5.41, 5.74) is 1.12. The molecule has 0 unspecified atom stereocenters. The summed E-state index contributed by atoms with van der Waals surface area (Å²) >= 11 is 0. The molecule has 0 spiro atoms. The van der Waals surface area contributed by atoms with Crippen LogP contribution in [0.25, 0.3) is 0 Å². The zero-order chi connectivity index (χ0) is 14.8. The van der Waals surface area contributed by atoms with Crippen molar-refractivity contribution >= 4 is 0 Å². The Morgan fingerprint density at radius 3 is 2.75 bits per heavy atom. The third-order valence-corrected chi connectivity index (χ3v) is 3.63. The molecule has 20 heavy (non-hydrogen) atoms. The summed E-state index contributed by atoms with van der Waals surface area (Å²) in [7, 11) is 3.85. The van der Waals surface area contributed by atoms with Crippen molar-refractivity contribution in [1.29, 1.82) is 0 Å². The van der Waals surface area contributed by atoms with Crippen molar-refractivity contribution in [2.75, 3.05) is 40.4 Å². The smallest absolute Gasteiger partial charge is 0.0762 e. The lowest BCUT2D eigenvalue weighted by Crippen LogP contribution is -2.31. The van der Waals surface area contributed by atoms with Gasteiger partial charge in [0.05, 0.1) is 18.3 Å². The van der Waals surface area contributed by atoms with Gasteiger partial charge >= 0.3 is 0 Å². The molecule has 0 atom stereocenters. The summed E-state index contributed by atoms with van der Waals surface area (Å²) in [6.45, 7) is 9.02. The molecule has 5 nitrogen and oxygen atoms in total. The van der Waals surface area contributed by atoms with Crippen LogP contribution in [0, 0.1) is 0 Å². The van der Waals surface area contributed by atoms with Crippen molar-refractivity contribution in [3.8, 4) is 0 Å². The minimum Gasteiger partial charge on any atom is -0.383 e. The molecule has 1 N–H and O–H groups in total. The van der Waals surface area contributed by atoms with Gasteiger partial charge in [0.1, 0.15) is 0 Å². The monoisotopic (exact) mass is 282 g/mol. The Morgan fingerprint density at radius 1 is 1.35 bits per heavy atom. The van der Waals surface area contributed by atoms with Crippen LogP contribution in [0.1, 0.15) is 38.4 Å². The van der Waals surface area contributed by atoms with E-state index in [9.17, 15) is 0 Å². The lowest BCUT2D eigenvalue weighted by Gasteiger charge is -2.16. The molecule has 0 saturated carbocycles. The Kier molecular flexibility index (Phi) is 8.49. The highest BCUT2D eigenvalue weighted by Crippen LogP contribution is 2.14. The Morgan fingerprint density at radius 2 is 2.10 bits per heavy atom. The number of rotatable bonds is 11. The fourth-order valence-electron chi connectivity index (χ4n) is 2.18. The third kappa shape index (κ3) is 6.03. The first-order valence-electron chi connectivity index (χ1n) is 7.63. The standard InChI is InChI=1S/C15H30N4O/c1-5-15(6-2)19-9-7-14(17-19)13-16-8-10-18(3)11-12-20-4/h7,9,15-16H,5-6,8,10-13H2,1-4H3. The van der Waals surface area contributed by atoms with Gasteiger partial charge in [-0.1, -0.05) is 13.8 Å². The van der Waals surface area contributed by atoms with Gasteiger partial charge in [0, 0.05) is 39.5 Å². The van der Waals surface area contributed by atoms with Crippen LogP contribution in [0.2, 0.25) is 0 Å². The molecule has 0 bridgehead atoms. The molecule has 0 aromatic carbocycles. The van der Waals surface area contributed by atoms with Crippen molar-refractivity contribution < 1.29 is 4.74 Å². The van der Waals surface area contributed by atoms with Gasteiger partial charge in [0.15, 0.2) is 0 Å². The topological polar surface area (TPSA) is 42.3 Å². The molecule has 116 valence electrons. The van der Waals surface area contributed by atoms with Crippen molar-refractivity contribution in [3.63, 3.8) is 0 Å². The van der Waals surface area contributed by atoms with Crippen molar-refractivity contribution in [2.24, 2.45) is 0 Å². The number of hydrogen-bond donors (Lipinski definition) is 1. The van der Waals surface area contributed by atoms with Gasteiger partial charge in [-0.05, 0) is 26.0 Å². The van der Waals surface area contributed by atoms with Gasteiger partial charge < -0.3 is 15.0 Å². The molecule has 0 radical (unpaired) electrons. The van der Waals surface area contributed by atoms with Gasteiger partial charge in [-0.3, -0.25) is 4.68 Å². The summed E-state index contributed by atoms with van der Waals surface area (Å²) < 4.78 is 7.16. The van der Waals surface area contributed by atoms with Gasteiger partial charge in [0.2, 0.25) is 0 Å². The van der Waals surface area contributed by atoms with Crippen LogP contribution in [0.4, 0.5) is 0 Å². The van der Waals surface area contributed by atoms with Gasteiger partial charge in [0.25, 0.3) is 0 Å². The maximum Gasteiger partial charge on any atom is 0.0762 e. The predicted octanol–water partition coefficient (Wildman–Crippen LogP) is 1.91. The molecule has 0 aliphatic heterocycles. The second kappa shape index (κ2) is 9.91. The highest BCUT2D eigenvalue weighted by atomic mass is 16.5. The summed E-state index contributed by atoms with van der Waals surface area (Å²) in [6, 6.07) is 2.64. The normalized spacial score (nSPS) is 11.7. The second-order valence-corrected chi connectivity index (χ2v) is 5.23. The molecule has 5 heteroatoms. The summed E-state index contributed by atoms with van der Waals surface area (Å²) in [6.07, 6.45) is 4.37. The lowest BCUT2D eigenvalue weighted by atomic mass is 10.2. The van der Waals surface area contributed by atoms with Crippen LogP contribution in [0.15, 0.2) is 12.3 Å². The summed E-state index contributed by atoms with van der Waals surface area (Å²) in [4.78, 5) is 2.26. The van der Waals surface area contributed by atoms with Crippen LogP contribution in [-0.4, -0.2) is 55.1 Å². The Hall–Kier alpha value is -0.910. The number of hydrogen-bond acceptors (Lipinski definition) is 4. The first kappa shape index (κ1) is 17.1. The van der Waals surface area contributed by atoms with E-state index in [1.807, 2.05) is 0 Å². The van der Waals surface area contributed by atoms with E-state index in [1.165, 1.54) is 0 Å². The van der Waals surface area contributed by atoms with Crippen LogP contribution >= 0.6 is 0 Å². The van der Waals surface area contributed by atoms with E-state index in [0.29, 0.717) is 6.04 Å². The van der Waals surface area contributed by atoms with E-state index >= 15 is 0 Å². The van der Waals surface area contributed by atoms with Crippen molar-refractivity contribution in [2.45, 2.75) is 39.3 Å². The molecular formula is C15H30N4O. The minimum absolute atomic E-state index is 0.531. The number of ether oxygens (including phenoxy) is 1. The van der Waals surface area contributed by atoms with E-state index in [2.05, 4.69) is 53.2 Å². The highest BCUT2D eigenvalue weighted by Gasteiger charge is 2.07. The predicted molar refractivity (Wildman–Crippen MR) is 82.9 cm³/mol. The molecular weight excluding hydrogens is 252 g/mol. The van der Waals surface area contributed by atoms with Crippen LogP contribution < -0.4 is 5.32 Å². The fourth-order valence-corrected chi connectivity index (χ4v) is 2.18. The Labute approximate surface area is 123 Å². The molecule has 0 fully saturated rings. The second-order valence-electron chi connectivity index (χ2n) is 5.23. The number of nitrogens with one attached hydrogen (secondary N) is 1. The van der Waals surface area contributed by atoms with Gasteiger partial charge in [-0.25, -0.2) is 0 Å². The van der Waals surface area contributed by atoms with E-state index in [-0.39, 0.29) is 0 Å². The van der Waals surface area contributed by atoms with Crippen molar-refractivity contribution in [1.82, 2.24) is 20.0 Å². The SMILES string of the molecule is CCC(CC)n1ccc(CNCCN(C)CCOC)n1. The van der Waals surface area contributed by atoms with E-state index in [0.717, 1.165) is 51.3 Å².